The maximum absolute atomic E-state index is 12.7. The Morgan fingerprint density at radius 3 is 2.96 bits per heavy atom. The molecule has 0 saturated carbocycles. The summed E-state index contributed by atoms with van der Waals surface area (Å²) in [6, 6.07) is 3.61. The Kier molecular flexibility index (Phi) is 3.83. The molecule has 0 unspecified atom stereocenters. The Bertz CT molecular complexity index is 963. The van der Waals surface area contributed by atoms with Crippen LogP contribution in [0, 0.1) is 6.92 Å². The van der Waals surface area contributed by atoms with E-state index < -0.39 is 0 Å². The number of anilines is 1. The van der Waals surface area contributed by atoms with Gasteiger partial charge in [-0.1, -0.05) is 0 Å². The minimum absolute atomic E-state index is 0.297. The molecule has 0 atom stereocenters. The number of rotatable bonds is 3. The van der Waals surface area contributed by atoms with Crippen LogP contribution in [0.2, 0.25) is 0 Å². The first kappa shape index (κ1) is 15.6. The molecule has 1 amide bonds. The highest BCUT2D eigenvalue weighted by atomic mass is 16.5. The zero-order valence-electron chi connectivity index (χ0n) is 14.2. The smallest absolute Gasteiger partial charge is 0.262 e. The van der Waals surface area contributed by atoms with Crippen LogP contribution < -0.4 is 10.1 Å². The third-order valence-electron chi connectivity index (χ3n) is 4.58. The van der Waals surface area contributed by atoms with E-state index in [0.29, 0.717) is 22.8 Å². The molecule has 1 N–H and O–H groups in total. The van der Waals surface area contributed by atoms with Crippen LogP contribution in [0.5, 0.6) is 5.75 Å². The summed E-state index contributed by atoms with van der Waals surface area (Å²) >= 11 is 0. The number of aryl methyl sites for hydroxylation is 2. The molecule has 7 heteroatoms. The number of pyridine rings is 1. The van der Waals surface area contributed by atoms with Crippen LogP contribution in [0.3, 0.4) is 0 Å². The molecule has 7 nitrogen and oxygen atoms in total. The quantitative estimate of drug-likeness (QED) is 0.794. The molecule has 128 valence electrons. The lowest BCUT2D eigenvalue weighted by molar-refractivity contribution is 0.102. The van der Waals surface area contributed by atoms with Crippen molar-refractivity contribution < 1.29 is 9.53 Å². The predicted molar refractivity (Wildman–Crippen MR) is 93.1 cm³/mol. The van der Waals surface area contributed by atoms with Gasteiger partial charge in [-0.05, 0) is 50.3 Å². The van der Waals surface area contributed by atoms with Gasteiger partial charge in [-0.2, -0.15) is 5.10 Å². The number of aromatic nitrogens is 4. The first-order valence-electron chi connectivity index (χ1n) is 8.35. The fourth-order valence-electron chi connectivity index (χ4n) is 3.35. The highest BCUT2D eigenvalue weighted by Gasteiger charge is 2.20. The second kappa shape index (κ2) is 6.16. The predicted octanol–water partition coefficient (Wildman–Crippen LogP) is 2.57. The summed E-state index contributed by atoms with van der Waals surface area (Å²) < 4.78 is 6.97. The molecule has 0 aromatic carbocycles. The molecular weight excluding hydrogens is 318 g/mol. The summed E-state index contributed by atoms with van der Waals surface area (Å²) in [6.45, 7) is 1.97. The normalized spacial score (nSPS) is 13.5. The minimum atomic E-state index is -0.297. The topological polar surface area (TPSA) is 81.4 Å². The highest BCUT2D eigenvalue weighted by Crippen LogP contribution is 2.25. The Morgan fingerprint density at radius 2 is 2.12 bits per heavy atom. The molecule has 0 radical (unpaired) electrons. The van der Waals surface area contributed by atoms with E-state index in [1.165, 1.54) is 18.2 Å². The van der Waals surface area contributed by atoms with Crippen molar-refractivity contribution in [3.8, 4) is 5.75 Å². The number of ether oxygens (including phenoxy) is 1. The summed E-state index contributed by atoms with van der Waals surface area (Å²) in [6.07, 6.45) is 7.55. The standard InChI is InChI=1S/C18H19N5O2/c1-11-12-6-3-4-7-14(12)21-18(20-11)22-17(24)13-10-19-23-9-5-8-15(25-2)16(13)23/h5,8-10H,3-4,6-7H2,1-2H3,(H,20,21,22,24). The zero-order chi connectivity index (χ0) is 17.4. The minimum Gasteiger partial charge on any atom is -0.494 e. The largest absolute Gasteiger partial charge is 0.494 e. The van der Waals surface area contributed by atoms with E-state index in [2.05, 4.69) is 20.4 Å². The number of carbonyl (C=O) groups excluding carboxylic acids is 1. The average molecular weight is 337 g/mol. The van der Waals surface area contributed by atoms with E-state index in [-0.39, 0.29) is 5.91 Å². The van der Waals surface area contributed by atoms with Crippen LogP contribution in [0.15, 0.2) is 24.5 Å². The maximum Gasteiger partial charge on any atom is 0.262 e. The van der Waals surface area contributed by atoms with E-state index in [1.54, 1.807) is 23.9 Å². The number of carbonyl (C=O) groups is 1. The molecule has 4 rings (SSSR count). The fourth-order valence-corrected chi connectivity index (χ4v) is 3.35. The SMILES string of the molecule is COc1cccn2ncc(C(=O)Nc3nc(C)c4c(n3)CCCC4)c12. The van der Waals surface area contributed by atoms with E-state index in [0.717, 1.165) is 30.7 Å². The Labute approximate surface area is 145 Å². The van der Waals surface area contributed by atoms with Crippen molar-refractivity contribution >= 4 is 17.4 Å². The van der Waals surface area contributed by atoms with Crippen molar-refractivity contribution in [1.82, 2.24) is 19.6 Å². The summed E-state index contributed by atoms with van der Waals surface area (Å²) in [5.74, 6) is 0.639. The third-order valence-corrected chi connectivity index (χ3v) is 4.58. The molecule has 3 heterocycles. The first-order valence-corrected chi connectivity index (χ1v) is 8.35. The van der Waals surface area contributed by atoms with Crippen molar-refractivity contribution in [2.24, 2.45) is 0 Å². The fraction of sp³-hybridized carbons (Fsp3) is 0.333. The Hall–Kier alpha value is -2.96. The summed E-state index contributed by atoms with van der Waals surface area (Å²) in [4.78, 5) is 21.7. The van der Waals surface area contributed by atoms with Crippen molar-refractivity contribution in [3.63, 3.8) is 0 Å². The maximum atomic E-state index is 12.7. The molecular formula is C18H19N5O2. The van der Waals surface area contributed by atoms with Gasteiger partial charge >= 0.3 is 0 Å². The molecule has 0 aliphatic heterocycles. The van der Waals surface area contributed by atoms with Crippen molar-refractivity contribution in [1.29, 1.82) is 0 Å². The van der Waals surface area contributed by atoms with E-state index in [4.69, 9.17) is 4.74 Å². The molecule has 0 bridgehead atoms. The molecule has 0 fully saturated rings. The monoisotopic (exact) mass is 337 g/mol. The van der Waals surface area contributed by atoms with Gasteiger partial charge in [0.25, 0.3) is 5.91 Å². The van der Waals surface area contributed by atoms with Gasteiger partial charge in [0, 0.05) is 17.6 Å². The van der Waals surface area contributed by atoms with E-state index >= 15 is 0 Å². The molecule has 3 aromatic rings. The second-order valence-electron chi connectivity index (χ2n) is 6.15. The van der Waals surface area contributed by atoms with Crippen LogP contribution in [-0.2, 0) is 12.8 Å². The van der Waals surface area contributed by atoms with Crippen LogP contribution in [0.4, 0.5) is 5.95 Å². The lowest BCUT2D eigenvalue weighted by Crippen LogP contribution is -2.17. The lowest BCUT2D eigenvalue weighted by atomic mass is 9.95. The molecule has 1 aliphatic carbocycles. The Balaban J connectivity index is 1.68. The number of hydrogen-bond acceptors (Lipinski definition) is 5. The van der Waals surface area contributed by atoms with Crippen molar-refractivity contribution in [2.45, 2.75) is 32.6 Å². The zero-order valence-corrected chi connectivity index (χ0v) is 14.2. The van der Waals surface area contributed by atoms with Gasteiger partial charge in [0.05, 0.1) is 18.9 Å². The first-order chi connectivity index (χ1) is 12.2. The number of methoxy groups -OCH3 is 1. The number of fused-ring (bicyclic) bond motifs is 2. The Morgan fingerprint density at radius 1 is 1.28 bits per heavy atom. The number of hydrogen-bond donors (Lipinski definition) is 1. The van der Waals surface area contributed by atoms with Gasteiger partial charge in [-0.3, -0.25) is 10.1 Å². The van der Waals surface area contributed by atoms with E-state index in [1.807, 2.05) is 13.0 Å². The van der Waals surface area contributed by atoms with Crippen LogP contribution >= 0.6 is 0 Å². The number of amides is 1. The third kappa shape index (κ3) is 2.71. The number of nitrogens with zero attached hydrogens (tertiary/aromatic N) is 4. The lowest BCUT2D eigenvalue weighted by Gasteiger charge is -2.17. The molecule has 1 aliphatic rings. The van der Waals surface area contributed by atoms with Gasteiger partial charge in [-0.15, -0.1) is 0 Å². The number of nitrogens with one attached hydrogen (secondary N) is 1. The van der Waals surface area contributed by atoms with Crippen LogP contribution in [-0.4, -0.2) is 32.6 Å². The van der Waals surface area contributed by atoms with Crippen LogP contribution in [0.1, 0.15) is 40.2 Å². The van der Waals surface area contributed by atoms with E-state index in [9.17, 15) is 4.79 Å². The molecule has 0 spiro atoms. The molecule has 25 heavy (non-hydrogen) atoms. The van der Waals surface area contributed by atoms with Gasteiger partial charge in [-0.25, -0.2) is 14.5 Å². The summed E-state index contributed by atoms with van der Waals surface area (Å²) in [5.41, 5.74) is 4.26. The summed E-state index contributed by atoms with van der Waals surface area (Å²) in [5, 5.41) is 7.02. The van der Waals surface area contributed by atoms with Crippen molar-refractivity contribution in [3.05, 3.63) is 47.0 Å². The van der Waals surface area contributed by atoms with Gasteiger partial charge in [0.15, 0.2) is 0 Å². The van der Waals surface area contributed by atoms with Crippen molar-refractivity contribution in [2.75, 3.05) is 12.4 Å². The van der Waals surface area contributed by atoms with Gasteiger partial charge < -0.3 is 4.74 Å². The molecule has 0 saturated heterocycles. The van der Waals surface area contributed by atoms with Gasteiger partial charge in [0.1, 0.15) is 11.3 Å². The second-order valence-corrected chi connectivity index (χ2v) is 6.15. The van der Waals surface area contributed by atoms with Gasteiger partial charge in [0.2, 0.25) is 5.95 Å². The highest BCUT2D eigenvalue weighted by molar-refractivity contribution is 6.09. The average Bonchev–Trinajstić information content (AvgIpc) is 3.06. The summed E-state index contributed by atoms with van der Waals surface area (Å²) in [7, 11) is 1.57. The van der Waals surface area contributed by atoms with Crippen LogP contribution in [0.25, 0.3) is 5.52 Å². The molecule has 3 aromatic heterocycles.